The first-order valence-electron chi connectivity index (χ1n) is 15.1. The predicted molar refractivity (Wildman–Crippen MR) is 171 cm³/mol. The summed E-state index contributed by atoms with van der Waals surface area (Å²) in [6.07, 6.45) is 11.4. The van der Waals surface area contributed by atoms with Gasteiger partial charge in [0.05, 0.1) is 5.69 Å². The van der Waals surface area contributed by atoms with E-state index >= 15 is 0 Å². The number of benzene rings is 2. The van der Waals surface area contributed by atoms with Crippen LogP contribution in [0.3, 0.4) is 0 Å². The van der Waals surface area contributed by atoms with Crippen LogP contribution in [0.15, 0.2) is 73.1 Å². The Labute approximate surface area is 256 Å². The maximum Gasteiger partial charge on any atom is 0.328 e. The Morgan fingerprint density at radius 3 is 2.39 bits per heavy atom. The number of pyridine rings is 1. The highest BCUT2D eigenvalue weighted by Crippen LogP contribution is 2.44. The molecule has 0 bridgehead atoms. The minimum Gasteiger partial charge on any atom is -0.478 e. The number of aromatic nitrogens is 2. The Morgan fingerprint density at radius 1 is 1.00 bits per heavy atom. The van der Waals surface area contributed by atoms with Gasteiger partial charge >= 0.3 is 5.97 Å². The summed E-state index contributed by atoms with van der Waals surface area (Å²) in [6, 6.07) is 16.9. The zero-order chi connectivity index (χ0) is 30.8. The van der Waals surface area contributed by atoms with Crippen molar-refractivity contribution in [1.82, 2.24) is 19.8 Å². The van der Waals surface area contributed by atoms with Gasteiger partial charge in [0.2, 0.25) is 0 Å². The molecule has 2 aromatic heterocycles. The van der Waals surface area contributed by atoms with Gasteiger partial charge in [0.15, 0.2) is 0 Å². The highest BCUT2D eigenvalue weighted by atomic mass is 16.4. The van der Waals surface area contributed by atoms with Crippen molar-refractivity contribution < 1.29 is 19.5 Å². The summed E-state index contributed by atoms with van der Waals surface area (Å²) in [5, 5.41) is 16.1. The topological polar surface area (TPSA) is 117 Å². The number of nitrogens with zero attached hydrogens (tertiary/aromatic N) is 3. The van der Waals surface area contributed by atoms with Crippen molar-refractivity contribution in [3.05, 3.63) is 89.8 Å². The van der Waals surface area contributed by atoms with Crippen LogP contribution in [-0.4, -0.2) is 63.0 Å². The smallest absolute Gasteiger partial charge is 0.328 e. The van der Waals surface area contributed by atoms with Crippen molar-refractivity contribution in [3.63, 3.8) is 0 Å². The maximum absolute atomic E-state index is 13.8. The van der Waals surface area contributed by atoms with Gasteiger partial charge in [0, 0.05) is 66.3 Å². The van der Waals surface area contributed by atoms with Crippen molar-refractivity contribution in [2.45, 2.75) is 43.6 Å². The number of aliphatic carboxylic acids is 1. The number of hydrogen-bond donors (Lipinski definition) is 3. The number of hydrogen-bond acceptors (Lipinski definition) is 5. The van der Waals surface area contributed by atoms with Crippen LogP contribution in [0.5, 0.6) is 0 Å². The molecule has 3 heterocycles. The van der Waals surface area contributed by atoms with Crippen LogP contribution < -0.4 is 10.6 Å². The summed E-state index contributed by atoms with van der Waals surface area (Å²) in [6.45, 7) is 1.05. The van der Waals surface area contributed by atoms with Crippen molar-refractivity contribution >= 4 is 40.4 Å². The Morgan fingerprint density at radius 2 is 1.73 bits per heavy atom. The average molecular weight is 592 g/mol. The fourth-order valence-electron chi connectivity index (χ4n) is 6.82. The van der Waals surface area contributed by atoms with Gasteiger partial charge in [-0.05, 0) is 85.8 Å². The number of aryl methyl sites for hydroxylation is 1. The van der Waals surface area contributed by atoms with Crippen molar-refractivity contribution in [2.75, 3.05) is 25.5 Å². The van der Waals surface area contributed by atoms with Crippen LogP contribution in [-0.2, 0) is 16.6 Å². The Hall–Kier alpha value is -4.76. The minimum atomic E-state index is -1.10. The van der Waals surface area contributed by atoms with Crippen LogP contribution in [0.25, 0.3) is 28.2 Å². The van der Waals surface area contributed by atoms with Crippen LogP contribution in [0.1, 0.15) is 59.5 Å². The van der Waals surface area contributed by atoms with Gasteiger partial charge in [0.25, 0.3) is 11.8 Å². The first-order valence-corrected chi connectivity index (χ1v) is 15.1. The monoisotopic (exact) mass is 591 g/mol. The molecule has 9 nitrogen and oxygen atoms in total. The largest absolute Gasteiger partial charge is 0.478 e. The lowest BCUT2D eigenvalue weighted by atomic mass is 9.92. The van der Waals surface area contributed by atoms with Gasteiger partial charge in [-0.3, -0.25) is 14.6 Å². The number of likely N-dealkylation sites (tertiary alicyclic amines) is 1. The molecule has 4 aromatic rings. The zero-order valence-corrected chi connectivity index (χ0v) is 25.0. The number of nitrogens with one attached hydrogen (secondary N) is 2. The molecule has 2 aromatic carbocycles. The molecule has 1 atom stereocenters. The molecule has 6 rings (SSSR count). The van der Waals surface area contributed by atoms with E-state index in [0.717, 1.165) is 35.4 Å². The summed E-state index contributed by atoms with van der Waals surface area (Å²) < 4.78 is 2.19. The lowest BCUT2D eigenvalue weighted by Gasteiger charge is -2.29. The lowest BCUT2D eigenvalue weighted by Crippen LogP contribution is -2.58. The molecule has 1 saturated carbocycles. The molecule has 0 spiro atoms. The Kier molecular flexibility index (Phi) is 8.05. The van der Waals surface area contributed by atoms with Gasteiger partial charge in [-0.2, -0.15) is 0 Å². The molecule has 1 aliphatic heterocycles. The molecule has 1 aliphatic carbocycles. The number of rotatable bonds is 8. The molecule has 9 heteroatoms. The van der Waals surface area contributed by atoms with E-state index < -0.39 is 11.5 Å². The first-order chi connectivity index (χ1) is 21.2. The lowest BCUT2D eigenvalue weighted by molar-refractivity contribution is -0.131. The van der Waals surface area contributed by atoms with E-state index in [4.69, 9.17) is 5.11 Å². The second-order valence-electron chi connectivity index (χ2n) is 12.0. The van der Waals surface area contributed by atoms with E-state index in [0.29, 0.717) is 42.2 Å². The maximum atomic E-state index is 13.8. The zero-order valence-electron chi connectivity index (χ0n) is 25.0. The first kappa shape index (κ1) is 29.3. The highest BCUT2D eigenvalue weighted by molar-refractivity contribution is 6.06. The predicted octanol–water partition coefficient (Wildman–Crippen LogP) is 5.44. The molecule has 2 fully saturated rings. The van der Waals surface area contributed by atoms with Gasteiger partial charge in [0.1, 0.15) is 5.54 Å². The number of amides is 2. The highest BCUT2D eigenvalue weighted by Gasteiger charge is 2.45. The number of likely N-dealkylation sites (N-methyl/N-ethyl adjacent to an activating group) is 1. The van der Waals surface area contributed by atoms with Crippen molar-refractivity contribution in [1.29, 1.82) is 0 Å². The third-order valence-electron chi connectivity index (χ3n) is 9.05. The van der Waals surface area contributed by atoms with Crippen molar-refractivity contribution in [2.24, 2.45) is 7.05 Å². The molecule has 0 unspecified atom stereocenters. The number of anilines is 1. The van der Waals surface area contributed by atoms with Crippen LogP contribution in [0, 0.1) is 0 Å². The molecular formula is C35H37N5O4. The third kappa shape index (κ3) is 5.75. The van der Waals surface area contributed by atoms with E-state index in [-0.39, 0.29) is 11.8 Å². The third-order valence-corrected chi connectivity index (χ3v) is 9.05. The SMILES string of the molecule is CN1CC[C@@](NC(=O)c2ccc3c(C4CCCC4)c(-c4ccncc4)n(C)c3c2)(C(=O)Nc2ccc(/C=C/C(=O)O)cc2)C1. The summed E-state index contributed by atoms with van der Waals surface area (Å²) in [5.74, 6) is -1.13. The molecule has 44 heavy (non-hydrogen) atoms. The summed E-state index contributed by atoms with van der Waals surface area (Å²) in [7, 11) is 3.99. The molecule has 1 saturated heterocycles. The van der Waals surface area contributed by atoms with E-state index in [1.165, 1.54) is 30.2 Å². The Bertz CT molecular complexity index is 1740. The second-order valence-corrected chi connectivity index (χ2v) is 12.0. The standard InChI is InChI=1S/C35H37N5O4/c1-39-20-17-35(22-39,34(44)37-27-11-7-23(8-12-27)9-14-30(41)42)38-33(43)26-10-13-28-29(21-26)40(2)32(25-15-18-36-19-16-25)31(28)24-5-3-4-6-24/h7-16,18-19,21,24H,3-6,17,20,22H2,1-2H3,(H,37,44)(H,38,43)(H,41,42)/b14-9+/t35-/m0/s1. The fourth-order valence-corrected chi connectivity index (χ4v) is 6.82. The molecule has 3 N–H and O–H groups in total. The summed E-state index contributed by atoms with van der Waals surface area (Å²) in [4.78, 5) is 44.6. The van der Waals surface area contributed by atoms with Crippen LogP contribution >= 0.6 is 0 Å². The minimum absolute atomic E-state index is 0.285. The van der Waals surface area contributed by atoms with Gasteiger partial charge in [-0.1, -0.05) is 31.0 Å². The number of carbonyl (C=O) groups excluding carboxylic acids is 2. The van der Waals surface area contributed by atoms with Gasteiger partial charge in [-0.15, -0.1) is 0 Å². The summed E-state index contributed by atoms with van der Waals surface area (Å²) in [5.41, 5.74) is 5.29. The molecule has 2 amide bonds. The number of carbonyl (C=O) groups is 3. The number of carboxylic acid groups (broad SMARTS) is 1. The van der Waals surface area contributed by atoms with E-state index in [2.05, 4.69) is 33.3 Å². The number of carboxylic acids is 1. The number of fused-ring (bicyclic) bond motifs is 1. The van der Waals surface area contributed by atoms with Crippen LogP contribution in [0.2, 0.25) is 0 Å². The summed E-state index contributed by atoms with van der Waals surface area (Å²) >= 11 is 0. The van der Waals surface area contributed by atoms with Gasteiger partial charge < -0.3 is 25.2 Å². The molecule has 226 valence electrons. The van der Waals surface area contributed by atoms with Gasteiger partial charge in [-0.25, -0.2) is 4.79 Å². The van der Waals surface area contributed by atoms with E-state index in [9.17, 15) is 14.4 Å². The fraction of sp³-hybridized carbons (Fsp3) is 0.314. The van der Waals surface area contributed by atoms with Crippen LogP contribution in [0.4, 0.5) is 5.69 Å². The normalized spacial score (nSPS) is 19.1. The molecule has 0 radical (unpaired) electrons. The van der Waals surface area contributed by atoms with Crippen molar-refractivity contribution in [3.8, 4) is 11.3 Å². The Balaban J connectivity index is 1.28. The molecular weight excluding hydrogens is 554 g/mol. The second kappa shape index (κ2) is 12.1. The molecule has 2 aliphatic rings. The quantitative estimate of drug-likeness (QED) is 0.235. The van der Waals surface area contributed by atoms with E-state index in [1.807, 2.05) is 48.6 Å². The van der Waals surface area contributed by atoms with E-state index in [1.54, 1.807) is 24.3 Å². The average Bonchev–Trinajstić information content (AvgIpc) is 3.75.